The van der Waals surface area contributed by atoms with Crippen molar-refractivity contribution in [3.8, 4) is 0 Å². The molecule has 8 nitrogen and oxygen atoms in total. The third kappa shape index (κ3) is 4.93. The van der Waals surface area contributed by atoms with Gasteiger partial charge in [0.2, 0.25) is 0 Å². The van der Waals surface area contributed by atoms with Crippen molar-refractivity contribution >= 4 is 21.1 Å². The summed E-state index contributed by atoms with van der Waals surface area (Å²) in [6, 6.07) is 0. The highest BCUT2D eigenvalue weighted by Gasteiger charge is 2.21. The molecule has 9 heteroatoms. The van der Waals surface area contributed by atoms with E-state index < -0.39 is 12.2 Å². The Morgan fingerprint density at radius 2 is 2.29 bits per heavy atom. The molecule has 1 heterocycles. The third-order valence-corrected chi connectivity index (χ3v) is 1.90. The van der Waals surface area contributed by atoms with Gasteiger partial charge < -0.3 is 14.1 Å². The smallest absolute Gasteiger partial charge is 0.415 e. The lowest BCUT2D eigenvalue weighted by atomic mass is 10.5. The van der Waals surface area contributed by atoms with Crippen LogP contribution in [0.4, 0.5) is 9.59 Å². The number of rotatable bonds is 4. The highest BCUT2D eigenvalue weighted by Crippen LogP contribution is 2.11. The van der Waals surface area contributed by atoms with Gasteiger partial charge in [-0.05, 0) is 0 Å². The van der Waals surface area contributed by atoms with Gasteiger partial charge in [-0.25, -0.2) is 14.9 Å². The molecule has 2 unspecified atom stereocenters. The SMILES string of the molecule is NOC(=O)NC(=O)OPNCC1CO1. The van der Waals surface area contributed by atoms with Crippen LogP contribution in [0.2, 0.25) is 0 Å². The van der Waals surface area contributed by atoms with E-state index in [1.165, 1.54) is 0 Å². The van der Waals surface area contributed by atoms with Crippen molar-refractivity contribution < 1.29 is 23.7 Å². The molecule has 80 valence electrons. The Balaban J connectivity index is 1.93. The number of nitrogens with two attached hydrogens (primary N) is 1. The molecule has 14 heavy (non-hydrogen) atoms. The quantitative estimate of drug-likeness (QED) is 0.248. The third-order valence-electron chi connectivity index (χ3n) is 1.26. The van der Waals surface area contributed by atoms with Crippen molar-refractivity contribution in [1.82, 2.24) is 10.4 Å². The molecule has 0 spiro atoms. The Morgan fingerprint density at radius 3 is 2.86 bits per heavy atom. The Bertz CT molecular complexity index is 221. The number of amides is 2. The van der Waals surface area contributed by atoms with Crippen molar-refractivity contribution in [2.75, 3.05) is 13.2 Å². The first-order valence-electron chi connectivity index (χ1n) is 3.70. The first-order chi connectivity index (χ1) is 6.72. The molecule has 4 N–H and O–H groups in total. The minimum absolute atomic E-state index is 0.211. The molecule has 0 aliphatic carbocycles. The first-order valence-corrected chi connectivity index (χ1v) is 4.61. The zero-order chi connectivity index (χ0) is 10.4. The van der Waals surface area contributed by atoms with Gasteiger partial charge in [-0.2, -0.15) is 5.90 Å². The van der Waals surface area contributed by atoms with Crippen LogP contribution in [0.3, 0.4) is 0 Å². The summed E-state index contributed by atoms with van der Waals surface area (Å²) in [6.07, 6.45) is -1.77. The second-order valence-corrected chi connectivity index (χ2v) is 3.12. The van der Waals surface area contributed by atoms with Gasteiger partial charge in [0.15, 0.2) is 8.96 Å². The summed E-state index contributed by atoms with van der Waals surface area (Å²) in [5.41, 5.74) is 0. The number of epoxide rings is 1. The molecular formula is C5H10N3O5P. The Labute approximate surface area is 81.3 Å². The monoisotopic (exact) mass is 223 g/mol. The molecule has 0 aromatic heterocycles. The van der Waals surface area contributed by atoms with E-state index in [-0.39, 0.29) is 15.1 Å². The summed E-state index contributed by atoms with van der Waals surface area (Å²) in [5, 5.41) is 4.53. The Hall–Kier alpha value is -0.950. The topological polar surface area (TPSA) is 115 Å². The lowest BCUT2D eigenvalue weighted by Crippen LogP contribution is -2.32. The van der Waals surface area contributed by atoms with Crippen molar-refractivity contribution in [3.63, 3.8) is 0 Å². The molecule has 1 saturated heterocycles. The van der Waals surface area contributed by atoms with Crippen LogP contribution >= 0.6 is 8.96 Å². The molecule has 0 bridgehead atoms. The van der Waals surface area contributed by atoms with E-state index in [1.54, 1.807) is 5.32 Å². The number of carbonyl (C=O) groups excluding carboxylic acids is 2. The van der Waals surface area contributed by atoms with E-state index in [1.807, 2.05) is 0 Å². The van der Waals surface area contributed by atoms with Crippen molar-refractivity contribution in [1.29, 1.82) is 0 Å². The van der Waals surface area contributed by atoms with E-state index in [0.29, 0.717) is 6.54 Å². The lowest BCUT2D eigenvalue weighted by molar-refractivity contribution is 0.143. The fraction of sp³-hybridized carbons (Fsp3) is 0.600. The van der Waals surface area contributed by atoms with Crippen molar-refractivity contribution in [2.45, 2.75) is 6.10 Å². The number of carbonyl (C=O) groups is 2. The van der Waals surface area contributed by atoms with Gasteiger partial charge in [-0.1, -0.05) is 0 Å². The Kier molecular flexibility index (Phi) is 4.54. The second-order valence-electron chi connectivity index (χ2n) is 2.36. The Morgan fingerprint density at radius 1 is 1.57 bits per heavy atom. The van der Waals surface area contributed by atoms with E-state index in [4.69, 9.17) is 4.74 Å². The van der Waals surface area contributed by atoms with Crippen LogP contribution in [-0.2, 0) is 14.1 Å². The van der Waals surface area contributed by atoms with Gasteiger partial charge in [0.25, 0.3) is 0 Å². The maximum Gasteiger partial charge on any atom is 0.435 e. The standard InChI is InChI=1S/C5H10N3O5P/c6-12-4(9)8-5(10)13-14-7-1-3-2-11-3/h3,7,14H,1-2,6H2,(H,8,9,10). The summed E-state index contributed by atoms with van der Waals surface area (Å²) in [4.78, 5) is 24.8. The van der Waals surface area contributed by atoms with Crippen LogP contribution in [0.15, 0.2) is 0 Å². The predicted molar refractivity (Wildman–Crippen MR) is 46.3 cm³/mol. The fourth-order valence-corrected chi connectivity index (χ4v) is 1.09. The van der Waals surface area contributed by atoms with Crippen molar-refractivity contribution in [3.05, 3.63) is 0 Å². The van der Waals surface area contributed by atoms with Crippen LogP contribution in [0.1, 0.15) is 0 Å². The van der Waals surface area contributed by atoms with E-state index in [9.17, 15) is 9.59 Å². The minimum Gasteiger partial charge on any atom is -0.415 e. The second kappa shape index (κ2) is 5.71. The largest absolute Gasteiger partial charge is 0.435 e. The first kappa shape index (κ1) is 11.1. The van der Waals surface area contributed by atoms with Crippen LogP contribution in [0.25, 0.3) is 0 Å². The van der Waals surface area contributed by atoms with Crippen LogP contribution in [0.5, 0.6) is 0 Å². The summed E-state index contributed by atoms with van der Waals surface area (Å²) < 4.78 is 9.44. The van der Waals surface area contributed by atoms with Gasteiger partial charge in [0.1, 0.15) is 0 Å². The minimum atomic E-state index is -1.06. The maximum atomic E-state index is 10.7. The molecule has 1 fully saturated rings. The lowest BCUT2D eigenvalue weighted by Gasteiger charge is -2.04. The summed E-state index contributed by atoms with van der Waals surface area (Å²) in [6.45, 7) is 1.34. The highest BCUT2D eigenvalue weighted by atomic mass is 31.1. The number of hydrogen-bond acceptors (Lipinski definition) is 7. The van der Waals surface area contributed by atoms with Crippen LogP contribution in [0, 0.1) is 0 Å². The summed E-state index contributed by atoms with van der Waals surface area (Å²) >= 11 is 0. The molecule has 0 saturated carbocycles. The summed E-state index contributed by atoms with van der Waals surface area (Å²) in [5.74, 6) is 4.47. The molecule has 2 atom stereocenters. The average Bonchev–Trinajstić information content (AvgIpc) is 2.96. The van der Waals surface area contributed by atoms with Gasteiger partial charge >= 0.3 is 12.2 Å². The number of nitrogens with one attached hydrogen (secondary N) is 2. The van der Waals surface area contributed by atoms with E-state index in [0.717, 1.165) is 6.61 Å². The van der Waals surface area contributed by atoms with E-state index in [2.05, 4.69) is 20.3 Å². The molecule has 1 rings (SSSR count). The zero-order valence-corrected chi connectivity index (χ0v) is 8.11. The molecule has 2 amide bonds. The van der Waals surface area contributed by atoms with Gasteiger partial charge in [0.05, 0.1) is 12.7 Å². The van der Waals surface area contributed by atoms with Gasteiger partial charge in [-0.3, -0.25) is 5.09 Å². The summed E-state index contributed by atoms with van der Waals surface area (Å²) in [7, 11) is -0.244. The molecule has 1 aliphatic heterocycles. The molecule has 0 radical (unpaired) electrons. The van der Waals surface area contributed by atoms with E-state index >= 15 is 0 Å². The van der Waals surface area contributed by atoms with Gasteiger partial charge in [-0.15, -0.1) is 0 Å². The van der Waals surface area contributed by atoms with Gasteiger partial charge in [0, 0.05) is 6.54 Å². The van der Waals surface area contributed by atoms with Crippen molar-refractivity contribution in [2.24, 2.45) is 5.90 Å². The average molecular weight is 223 g/mol. The normalized spacial score (nSPS) is 19.4. The van der Waals surface area contributed by atoms with Crippen LogP contribution in [-0.4, -0.2) is 31.4 Å². The number of hydrogen-bond donors (Lipinski definition) is 3. The number of imide groups is 1. The maximum absolute atomic E-state index is 10.7. The highest BCUT2D eigenvalue weighted by molar-refractivity contribution is 7.30. The fourth-order valence-electron chi connectivity index (χ4n) is 0.562. The molecule has 1 aliphatic rings. The molecule has 0 aromatic carbocycles. The molecule has 0 aromatic rings. The molecular weight excluding hydrogens is 213 g/mol. The predicted octanol–water partition coefficient (Wildman–Crippen LogP) is -0.780. The zero-order valence-electron chi connectivity index (χ0n) is 7.11. The number of ether oxygens (including phenoxy) is 1. The van der Waals surface area contributed by atoms with Crippen LogP contribution < -0.4 is 16.3 Å².